The minimum Gasteiger partial charge on any atom is -0.462 e. The van der Waals surface area contributed by atoms with Gasteiger partial charge in [0.25, 0.3) is 0 Å². The van der Waals surface area contributed by atoms with Crippen molar-refractivity contribution < 1.29 is 80.2 Å². The maximum absolute atomic E-state index is 13.0. The highest BCUT2D eigenvalue weighted by Gasteiger charge is 2.30. The maximum Gasteiger partial charge on any atom is 0.472 e. The predicted octanol–water partition coefficient (Wildman–Crippen LogP) is 20.8. The summed E-state index contributed by atoms with van der Waals surface area (Å²) in [5.74, 6) is -0.631. The Morgan fingerprint density at radius 3 is 0.747 bits per heavy atom. The molecular weight excluding hydrogens is 1200 g/mol. The van der Waals surface area contributed by atoms with Crippen LogP contribution in [0.1, 0.15) is 369 Å². The highest BCUT2D eigenvalue weighted by Crippen LogP contribution is 2.45. The van der Waals surface area contributed by atoms with Crippen molar-refractivity contribution in [2.45, 2.75) is 387 Å². The SMILES string of the molecule is CCCCCCCCCCCCCCCCCCCCCC(=O)O[C@H](COC(=O)CCCCCCCCCCCCC(C)C)COP(=O)(O)OC[C@@H](O)COP(=O)(O)OC[C@@H](COC(=O)CCCCCCCCC)OC(=O)CCCCCCCCCCCC(C)C. The lowest BCUT2D eigenvalue weighted by molar-refractivity contribution is -0.161. The zero-order valence-electron chi connectivity index (χ0n) is 59.1. The highest BCUT2D eigenvalue weighted by molar-refractivity contribution is 7.47. The van der Waals surface area contributed by atoms with E-state index in [1.165, 1.54) is 173 Å². The Bertz CT molecular complexity index is 1770. The summed E-state index contributed by atoms with van der Waals surface area (Å²) < 4.78 is 68.3. The van der Waals surface area contributed by atoms with Crippen LogP contribution in [-0.4, -0.2) is 96.7 Å². The number of rotatable bonds is 71. The molecule has 0 bridgehead atoms. The van der Waals surface area contributed by atoms with E-state index >= 15 is 0 Å². The van der Waals surface area contributed by atoms with Gasteiger partial charge in [0.2, 0.25) is 0 Å². The van der Waals surface area contributed by atoms with E-state index in [0.29, 0.717) is 25.7 Å². The Morgan fingerprint density at radius 1 is 0.297 bits per heavy atom. The van der Waals surface area contributed by atoms with Crippen LogP contribution in [0.3, 0.4) is 0 Å². The molecule has 0 aliphatic carbocycles. The quantitative estimate of drug-likeness (QED) is 0.0222. The van der Waals surface area contributed by atoms with Gasteiger partial charge in [-0.05, 0) is 37.5 Å². The van der Waals surface area contributed by atoms with Crippen LogP contribution in [0, 0.1) is 11.8 Å². The van der Waals surface area contributed by atoms with Gasteiger partial charge in [0.1, 0.15) is 19.3 Å². The molecule has 0 rings (SSSR count). The van der Waals surface area contributed by atoms with Gasteiger partial charge in [0.15, 0.2) is 12.2 Å². The number of esters is 4. The van der Waals surface area contributed by atoms with E-state index in [1.807, 2.05) is 0 Å². The van der Waals surface area contributed by atoms with Crippen molar-refractivity contribution >= 4 is 39.5 Å². The Kier molecular flexibility index (Phi) is 62.7. The molecule has 0 aromatic carbocycles. The van der Waals surface area contributed by atoms with Gasteiger partial charge in [-0.1, -0.05) is 318 Å². The summed E-state index contributed by atoms with van der Waals surface area (Å²) in [6.07, 6.45) is 50.2. The summed E-state index contributed by atoms with van der Waals surface area (Å²) in [7, 11) is -9.90. The summed E-state index contributed by atoms with van der Waals surface area (Å²) in [6.45, 7) is 9.49. The van der Waals surface area contributed by atoms with Crippen molar-refractivity contribution in [1.82, 2.24) is 0 Å². The van der Waals surface area contributed by atoms with Crippen molar-refractivity contribution in [3.05, 3.63) is 0 Å². The third-order valence-electron chi connectivity index (χ3n) is 16.7. The van der Waals surface area contributed by atoms with Crippen LogP contribution in [-0.2, 0) is 65.4 Å². The number of aliphatic hydroxyl groups excluding tert-OH is 1. The summed E-state index contributed by atoms with van der Waals surface area (Å²) >= 11 is 0. The number of hydrogen-bond acceptors (Lipinski definition) is 15. The molecule has 540 valence electrons. The van der Waals surface area contributed by atoms with Crippen LogP contribution in [0.2, 0.25) is 0 Å². The molecule has 0 aliphatic heterocycles. The zero-order chi connectivity index (χ0) is 67.2. The molecule has 3 N–H and O–H groups in total. The molecule has 0 saturated carbocycles. The lowest BCUT2D eigenvalue weighted by Crippen LogP contribution is -2.30. The van der Waals surface area contributed by atoms with E-state index < -0.39 is 97.5 Å². The van der Waals surface area contributed by atoms with Crippen LogP contribution in [0.15, 0.2) is 0 Å². The molecule has 0 aromatic rings. The van der Waals surface area contributed by atoms with Crippen molar-refractivity contribution in [3.8, 4) is 0 Å². The Hall–Kier alpha value is -1.94. The summed E-state index contributed by atoms with van der Waals surface area (Å²) in [4.78, 5) is 72.5. The molecule has 0 aliphatic rings. The predicted molar refractivity (Wildman–Crippen MR) is 368 cm³/mol. The molecular formula is C72H140O17P2. The van der Waals surface area contributed by atoms with E-state index in [-0.39, 0.29) is 25.7 Å². The van der Waals surface area contributed by atoms with E-state index in [2.05, 4.69) is 41.5 Å². The van der Waals surface area contributed by atoms with Gasteiger partial charge in [0, 0.05) is 25.7 Å². The topological polar surface area (TPSA) is 237 Å². The number of hydrogen-bond donors (Lipinski definition) is 3. The van der Waals surface area contributed by atoms with Gasteiger partial charge in [-0.15, -0.1) is 0 Å². The van der Waals surface area contributed by atoms with Crippen LogP contribution in [0.25, 0.3) is 0 Å². The number of phosphoric ester groups is 2. The molecule has 91 heavy (non-hydrogen) atoms. The van der Waals surface area contributed by atoms with Gasteiger partial charge in [-0.25, -0.2) is 9.13 Å². The van der Waals surface area contributed by atoms with Crippen molar-refractivity contribution in [3.63, 3.8) is 0 Å². The lowest BCUT2D eigenvalue weighted by atomic mass is 10.0. The molecule has 5 atom stereocenters. The number of ether oxygens (including phenoxy) is 4. The molecule has 0 spiro atoms. The van der Waals surface area contributed by atoms with Crippen LogP contribution in [0.4, 0.5) is 0 Å². The van der Waals surface area contributed by atoms with Crippen LogP contribution in [0.5, 0.6) is 0 Å². The molecule has 17 nitrogen and oxygen atoms in total. The fourth-order valence-corrected chi connectivity index (χ4v) is 12.5. The minimum atomic E-state index is -4.95. The minimum absolute atomic E-state index is 0.105. The van der Waals surface area contributed by atoms with Gasteiger partial charge in [0.05, 0.1) is 26.4 Å². The third-order valence-corrected chi connectivity index (χ3v) is 18.6. The maximum atomic E-state index is 13.0. The first-order valence-corrected chi connectivity index (χ1v) is 40.5. The van der Waals surface area contributed by atoms with Gasteiger partial charge < -0.3 is 33.8 Å². The number of aliphatic hydroxyl groups is 1. The molecule has 19 heteroatoms. The second-order valence-electron chi connectivity index (χ2n) is 26.9. The Morgan fingerprint density at radius 2 is 0.505 bits per heavy atom. The van der Waals surface area contributed by atoms with Crippen molar-refractivity contribution in [2.75, 3.05) is 39.6 Å². The zero-order valence-corrected chi connectivity index (χ0v) is 60.9. The van der Waals surface area contributed by atoms with Gasteiger partial charge in [-0.2, -0.15) is 0 Å². The van der Waals surface area contributed by atoms with Gasteiger partial charge in [-0.3, -0.25) is 37.3 Å². The van der Waals surface area contributed by atoms with Crippen molar-refractivity contribution in [2.24, 2.45) is 11.8 Å². The number of carbonyl (C=O) groups excluding carboxylic acids is 4. The first-order valence-electron chi connectivity index (χ1n) is 37.5. The average Bonchev–Trinajstić information content (AvgIpc) is 3.26. The highest BCUT2D eigenvalue weighted by atomic mass is 31.2. The molecule has 0 aromatic heterocycles. The van der Waals surface area contributed by atoms with E-state index in [9.17, 15) is 43.2 Å². The molecule has 0 saturated heterocycles. The smallest absolute Gasteiger partial charge is 0.462 e. The summed E-state index contributed by atoms with van der Waals surface area (Å²) in [6, 6.07) is 0. The van der Waals surface area contributed by atoms with Gasteiger partial charge >= 0.3 is 39.5 Å². The third kappa shape index (κ3) is 66.5. The molecule has 2 unspecified atom stereocenters. The fourth-order valence-electron chi connectivity index (χ4n) is 10.9. The standard InChI is InChI=1S/C72H140O17P2/c1-7-9-11-13-15-16-17-18-19-20-21-22-23-24-25-32-38-44-50-56-71(76)89-68(61-83-70(75)55-49-43-37-31-27-26-29-35-40-46-52-64(3)4)63-87-91(80,81)85-59-66(73)58-84-90(78,79)86-62-67(60-82-69(74)54-48-42-34-14-12-10-8-2)88-72(77)57-51-45-39-33-28-30-36-41-47-53-65(5)6/h64-68,73H,7-63H2,1-6H3,(H,78,79)(H,80,81)/t66-,67+,68+/m0/s1. The molecule has 0 heterocycles. The fraction of sp³-hybridized carbons (Fsp3) is 0.944. The monoisotopic (exact) mass is 1340 g/mol. The Labute approximate surface area is 556 Å². The summed E-state index contributed by atoms with van der Waals surface area (Å²) in [5, 5.41) is 10.6. The van der Waals surface area contributed by atoms with Crippen LogP contribution < -0.4 is 0 Å². The van der Waals surface area contributed by atoms with Crippen molar-refractivity contribution in [1.29, 1.82) is 0 Å². The second kappa shape index (κ2) is 64.1. The largest absolute Gasteiger partial charge is 0.472 e. The number of carbonyl (C=O) groups is 4. The number of phosphoric acid groups is 2. The molecule has 0 radical (unpaired) electrons. The Balaban J connectivity index is 5.18. The average molecular weight is 1340 g/mol. The van der Waals surface area contributed by atoms with E-state index in [4.69, 9.17) is 37.0 Å². The van der Waals surface area contributed by atoms with E-state index in [1.54, 1.807) is 0 Å². The lowest BCUT2D eigenvalue weighted by Gasteiger charge is -2.21. The first-order chi connectivity index (χ1) is 43.9. The molecule has 0 amide bonds. The van der Waals surface area contributed by atoms with Crippen LogP contribution >= 0.6 is 15.6 Å². The molecule has 0 fully saturated rings. The second-order valence-corrected chi connectivity index (χ2v) is 29.8. The number of unbranched alkanes of at least 4 members (excludes halogenated alkanes) is 41. The first kappa shape index (κ1) is 89.1. The normalized spacial score (nSPS) is 14.1. The summed E-state index contributed by atoms with van der Waals surface area (Å²) in [5.41, 5.74) is 0. The van der Waals surface area contributed by atoms with E-state index in [0.717, 1.165) is 115 Å².